The van der Waals surface area contributed by atoms with Crippen LogP contribution in [0, 0.1) is 5.41 Å². The van der Waals surface area contributed by atoms with Gasteiger partial charge in [-0.2, -0.15) is 0 Å². The summed E-state index contributed by atoms with van der Waals surface area (Å²) >= 11 is 0. The molecule has 2 aliphatic heterocycles. The van der Waals surface area contributed by atoms with E-state index < -0.39 is 0 Å². The molecule has 0 aliphatic carbocycles. The molecule has 108 valence electrons. The number of nitrogens with one attached hydrogen (secondary N) is 1. The van der Waals surface area contributed by atoms with Crippen LogP contribution in [0.5, 0.6) is 0 Å². The first-order valence-electron chi connectivity index (χ1n) is 7.49. The highest BCUT2D eigenvalue weighted by molar-refractivity contribution is 5.94. The fourth-order valence-corrected chi connectivity index (χ4v) is 3.41. The molecule has 1 aromatic rings. The Kier molecular flexibility index (Phi) is 3.98. The van der Waals surface area contributed by atoms with E-state index in [9.17, 15) is 0 Å². The third-order valence-electron chi connectivity index (χ3n) is 4.44. The molecule has 3 rings (SSSR count). The van der Waals surface area contributed by atoms with Crippen molar-refractivity contribution in [1.82, 2.24) is 14.8 Å². The number of rotatable bonds is 4. The predicted octanol–water partition coefficient (Wildman–Crippen LogP) is 1.04. The lowest BCUT2D eigenvalue weighted by Crippen LogP contribution is -2.35. The highest BCUT2D eigenvalue weighted by Gasteiger charge is 2.29. The van der Waals surface area contributed by atoms with Gasteiger partial charge in [0.05, 0.1) is 0 Å². The molecule has 0 aromatic carbocycles. The summed E-state index contributed by atoms with van der Waals surface area (Å²) in [4.78, 5) is 9.33. The largest absolute Gasteiger partial charge is 0.382 e. The number of nitrogens with zero attached hydrogens (tertiary/aromatic N) is 3. The monoisotopic (exact) mass is 273 g/mol. The summed E-state index contributed by atoms with van der Waals surface area (Å²) in [6.45, 7) is 5.65. The fraction of sp³-hybridized carbons (Fsp3) is 0.600. The molecule has 5 heteroatoms. The molecule has 1 atom stereocenters. The summed E-state index contributed by atoms with van der Waals surface area (Å²) in [5.74, 6) is 0.0656. The zero-order chi connectivity index (χ0) is 13.9. The molecular formula is C15H23N5. The summed E-state index contributed by atoms with van der Waals surface area (Å²) in [6.07, 6.45) is 5.67. The first-order valence-corrected chi connectivity index (χ1v) is 7.49. The average molecular weight is 273 g/mol. The zero-order valence-electron chi connectivity index (χ0n) is 11.9. The van der Waals surface area contributed by atoms with Crippen LogP contribution in [-0.2, 0) is 6.54 Å². The highest BCUT2D eigenvalue weighted by atomic mass is 15.3. The maximum Gasteiger partial charge on any atom is 0.142 e. The molecule has 0 bridgehead atoms. The lowest BCUT2D eigenvalue weighted by atomic mass is 10.1. The Morgan fingerprint density at radius 3 is 2.90 bits per heavy atom. The van der Waals surface area contributed by atoms with Crippen LogP contribution >= 0.6 is 0 Å². The van der Waals surface area contributed by atoms with E-state index in [1.807, 2.05) is 12.1 Å². The van der Waals surface area contributed by atoms with Crippen molar-refractivity contribution in [2.24, 2.45) is 5.73 Å². The van der Waals surface area contributed by atoms with Gasteiger partial charge in [0, 0.05) is 31.9 Å². The molecule has 1 aromatic heterocycles. The second kappa shape index (κ2) is 5.89. The minimum Gasteiger partial charge on any atom is -0.382 e. The van der Waals surface area contributed by atoms with Gasteiger partial charge in [-0.15, -0.1) is 0 Å². The van der Waals surface area contributed by atoms with Crippen molar-refractivity contribution in [1.29, 1.82) is 5.41 Å². The van der Waals surface area contributed by atoms with Crippen molar-refractivity contribution in [3.63, 3.8) is 0 Å². The Morgan fingerprint density at radius 2 is 2.15 bits per heavy atom. The number of hydrogen-bond acceptors (Lipinski definition) is 4. The second-order valence-corrected chi connectivity index (χ2v) is 5.85. The lowest BCUT2D eigenvalue weighted by Gasteiger charge is -2.24. The molecule has 0 saturated carbocycles. The van der Waals surface area contributed by atoms with Crippen molar-refractivity contribution in [3.05, 3.63) is 29.6 Å². The molecule has 3 heterocycles. The van der Waals surface area contributed by atoms with E-state index in [4.69, 9.17) is 11.1 Å². The van der Waals surface area contributed by atoms with Gasteiger partial charge in [0.1, 0.15) is 11.5 Å². The number of aromatic nitrogens is 1. The SMILES string of the molecule is N=C(N)c1ncccc1CN1CCC(N2CCCC2)C1. The molecular weight excluding hydrogens is 250 g/mol. The quantitative estimate of drug-likeness (QED) is 0.635. The average Bonchev–Trinajstić information content (AvgIpc) is 3.09. The van der Waals surface area contributed by atoms with Gasteiger partial charge < -0.3 is 5.73 Å². The third-order valence-corrected chi connectivity index (χ3v) is 4.44. The minimum absolute atomic E-state index is 0.0656. The minimum atomic E-state index is 0.0656. The third kappa shape index (κ3) is 2.83. The van der Waals surface area contributed by atoms with Crippen molar-refractivity contribution in [2.45, 2.75) is 31.8 Å². The fourth-order valence-electron chi connectivity index (χ4n) is 3.41. The summed E-state index contributed by atoms with van der Waals surface area (Å²) in [7, 11) is 0. The van der Waals surface area contributed by atoms with Crippen LogP contribution in [0.2, 0.25) is 0 Å². The van der Waals surface area contributed by atoms with Gasteiger partial charge in [0.25, 0.3) is 0 Å². The number of pyridine rings is 1. The number of nitrogens with two attached hydrogens (primary N) is 1. The smallest absolute Gasteiger partial charge is 0.142 e. The van der Waals surface area contributed by atoms with Gasteiger partial charge >= 0.3 is 0 Å². The molecule has 0 spiro atoms. The summed E-state index contributed by atoms with van der Waals surface area (Å²) in [6, 6.07) is 4.68. The van der Waals surface area contributed by atoms with Gasteiger partial charge in [-0.25, -0.2) is 0 Å². The Bertz CT molecular complexity index is 481. The van der Waals surface area contributed by atoms with Crippen molar-refractivity contribution in [2.75, 3.05) is 26.2 Å². The van der Waals surface area contributed by atoms with Crippen LogP contribution in [-0.4, -0.2) is 52.8 Å². The van der Waals surface area contributed by atoms with E-state index >= 15 is 0 Å². The van der Waals surface area contributed by atoms with Crippen LogP contribution in [0.1, 0.15) is 30.5 Å². The maximum atomic E-state index is 7.61. The lowest BCUT2D eigenvalue weighted by molar-refractivity contribution is 0.230. The van der Waals surface area contributed by atoms with Crippen LogP contribution < -0.4 is 5.73 Å². The Balaban J connectivity index is 1.63. The van der Waals surface area contributed by atoms with E-state index in [2.05, 4.69) is 14.8 Å². The highest BCUT2D eigenvalue weighted by Crippen LogP contribution is 2.22. The van der Waals surface area contributed by atoms with Gasteiger partial charge in [-0.05, 0) is 44.0 Å². The molecule has 2 fully saturated rings. The van der Waals surface area contributed by atoms with Crippen molar-refractivity contribution in [3.8, 4) is 0 Å². The molecule has 0 radical (unpaired) electrons. The van der Waals surface area contributed by atoms with E-state index in [-0.39, 0.29) is 5.84 Å². The van der Waals surface area contributed by atoms with E-state index in [0.717, 1.165) is 31.2 Å². The molecule has 3 N–H and O–H groups in total. The van der Waals surface area contributed by atoms with Crippen LogP contribution in [0.4, 0.5) is 0 Å². The van der Waals surface area contributed by atoms with Crippen molar-refractivity contribution >= 4 is 5.84 Å². The second-order valence-electron chi connectivity index (χ2n) is 5.85. The van der Waals surface area contributed by atoms with E-state index in [1.165, 1.54) is 32.4 Å². The number of amidine groups is 1. The van der Waals surface area contributed by atoms with Gasteiger partial charge in [-0.3, -0.25) is 20.2 Å². The van der Waals surface area contributed by atoms with Crippen LogP contribution in [0.25, 0.3) is 0 Å². The topological polar surface area (TPSA) is 69.2 Å². The standard InChI is InChI=1S/C15H23N5/c16-15(17)14-12(4-3-6-18-14)10-19-9-5-13(11-19)20-7-1-2-8-20/h3-4,6,13H,1-2,5,7-11H2,(H3,16,17). The molecule has 1 unspecified atom stereocenters. The molecule has 2 saturated heterocycles. The molecule has 0 amide bonds. The van der Waals surface area contributed by atoms with Crippen molar-refractivity contribution < 1.29 is 0 Å². The first-order chi connectivity index (χ1) is 9.74. The van der Waals surface area contributed by atoms with Crippen LogP contribution in [0.3, 0.4) is 0 Å². The Hall–Kier alpha value is -1.46. The van der Waals surface area contributed by atoms with Gasteiger partial charge in [0.15, 0.2) is 0 Å². The molecule has 20 heavy (non-hydrogen) atoms. The first kappa shape index (κ1) is 13.5. The Labute approximate surface area is 120 Å². The van der Waals surface area contributed by atoms with Gasteiger partial charge in [0.2, 0.25) is 0 Å². The number of nitrogen functional groups attached to an aromatic ring is 1. The van der Waals surface area contributed by atoms with Crippen LogP contribution in [0.15, 0.2) is 18.3 Å². The summed E-state index contributed by atoms with van der Waals surface area (Å²) in [5, 5.41) is 7.61. The summed E-state index contributed by atoms with van der Waals surface area (Å²) < 4.78 is 0. The van der Waals surface area contributed by atoms with E-state index in [1.54, 1.807) is 6.20 Å². The Morgan fingerprint density at radius 1 is 1.35 bits per heavy atom. The van der Waals surface area contributed by atoms with E-state index in [0.29, 0.717) is 5.69 Å². The van der Waals surface area contributed by atoms with Gasteiger partial charge in [-0.1, -0.05) is 6.07 Å². The number of hydrogen-bond donors (Lipinski definition) is 2. The summed E-state index contributed by atoms with van der Waals surface area (Å²) in [5.41, 5.74) is 7.32. The molecule has 5 nitrogen and oxygen atoms in total. The maximum absolute atomic E-state index is 7.61. The zero-order valence-corrected chi connectivity index (χ0v) is 11.9. The normalized spacial score (nSPS) is 24.3. The number of likely N-dealkylation sites (tertiary alicyclic amines) is 2. The molecule has 2 aliphatic rings. The predicted molar refractivity (Wildman–Crippen MR) is 79.7 cm³/mol.